The molecule has 0 bridgehead atoms. The summed E-state index contributed by atoms with van der Waals surface area (Å²) >= 11 is 0. The first kappa shape index (κ1) is 19.9. The molecule has 0 aliphatic heterocycles. The number of hydrogen-bond acceptors (Lipinski definition) is 5. The number of ether oxygens (including phenoxy) is 1. The number of benzene rings is 1. The SMILES string of the molecule is O=C(NCCc1nncn1C1CC1)c1ccc(Oc2ccc(C(F)(F)F)cn2)cc1. The highest BCUT2D eigenvalue weighted by molar-refractivity contribution is 5.94. The molecule has 2 aromatic heterocycles. The van der Waals surface area contributed by atoms with Crippen molar-refractivity contribution in [1.82, 2.24) is 25.1 Å². The van der Waals surface area contributed by atoms with E-state index in [-0.39, 0.29) is 11.8 Å². The van der Waals surface area contributed by atoms with Crippen molar-refractivity contribution in [3.05, 3.63) is 65.9 Å². The molecular weight excluding hydrogens is 399 g/mol. The smallest absolute Gasteiger partial charge is 0.417 e. The third-order valence-electron chi connectivity index (χ3n) is 4.62. The molecule has 0 saturated heterocycles. The van der Waals surface area contributed by atoms with Crippen molar-refractivity contribution in [1.29, 1.82) is 0 Å². The fourth-order valence-corrected chi connectivity index (χ4v) is 2.90. The standard InChI is InChI=1S/C20H18F3N5O2/c21-20(22,23)14-3-8-18(25-11-14)30-16-6-1-13(2-7-16)19(29)24-10-9-17-27-26-12-28(17)15-4-5-15/h1-3,6-8,11-12,15H,4-5,9-10H2,(H,24,29). The molecule has 7 nitrogen and oxygen atoms in total. The van der Waals surface area contributed by atoms with Gasteiger partial charge in [-0.25, -0.2) is 4.98 Å². The molecule has 0 radical (unpaired) electrons. The van der Waals surface area contributed by atoms with Gasteiger partial charge in [-0.05, 0) is 43.2 Å². The van der Waals surface area contributed by atoms with E-state index in [0.29, 0.717) is 36.5 Å². The van der Waals surface area contributed by atoms with Crippen LogP contribution in [0, 0.1) is 0 Å². The average Bonchev–Trinajstić information content (AvgIpc) is 3.46. The van der Waals surface area contributed by atoms with Crippen LogP contribution in [0.2, 0.25) is 0 Å². The Labute approximate surface area is 169 Å². The van der Waals surface area contributed by atoms with Gasteiger partial charge < -0.3 is 14.6 Å². The van der Waals surface area contributed by atoms with Crippen molar-refractivity contribution in [2.45, 2.75) is 31.5 Å². The molecule has 2 heterocycles. The molecule has 0 spiro atoms. The molecule has 1 amide bonds. The number of halogens is 3. The Morgan fingerprint density at radius 2 is 1.93 bits per heavy atom. The summed E-state index contributed by atoms with van der Waals surface area (Å²) in [6.07, 6.45) is 0.832. The maximum absolute atomic E-state index is 12.6. The normalized spacial score (nSPS) is 13.8. The van der Waals surface area contributed by atoms with Crippen LogP contribution >= 0.6 is 0 Å². The molecule has 3 aromatic rings. The van der Waals surface area contributed by atoms with Crippen LogP contribution in [0.5, 0.6) is 11.6 Å². The summed E-state index contributed by atoms with van der Waals surface area (Å²) in [5.74, 6) is 0.994. The zero-order chi connectivity index (χ0) is 21.1. The summed E-state index contributed by atoms with van der Waals surface area (Å²) in [5.41, 5.74) is -0.413. The van der Waals surface area contributed by atoms with Crippen LogP contribution in [-0.2, 0) is 12.6 Å². The van der Waals surface area contributed by atoms with Gasteiger partial charge in [0.05, 0.1) is 5.56 Å². The Kier molecular flexibility index (Phi) is 5.39. The minimum atomic E-state index is -4.45. The molecule has 0 atom stereocenters. The highest BCUT2D eigenvalue weighted by Crippen LogP contribution is 2.35. The Morgan fingerprint density at radius 3 is 2.57 bits per heavy atom. The Morgan fingerprint density at radius 1 is 1.17 bits per heavy atom. The van der Waals surface area contributed by atoms with Crippen molar-refractivity contribution in [2.75, 3.05) is 6.54 Å². The highest BCUT2D eigenvalue weighted by atomic mass is 19.4. The lowest BCUT2D eigenvalue weighted by Crippen LogP contribution is -2.26. The van der Waals surface area contributed by atoms with Gasteiger partial charge in [0.15, 0.2) is 0 Å². The maximum atomic E-state index is 12.6. The minimum Gasteiger partial charge on any atom is -0.439 e. The predicted molar refractivity (Wildman–Crippen MR) is 100 cm³/mol. The summed E-state index contributed by atoms with van der Waals surface area (Å²) in [4.78, 5) is 15.9. The van der Waals surface area contributed by atoms with Crippen LogP contribution in [0.4, 0.5) is 13.2 Å². The summed E-state index contributed by atoms with van der Waals surface area (Å²) in [6, 6.07) is 8.77. The van der Waals surface area contributed by atoms with Crippen LogP contribution in [-0.4, -0.2) is 32.2 Å². The van der Waals surface area contributed by atoms with Gasteiger partial charge in [0.25, 0.3) is 5.91 Å². The lowest BCUT2D eigenvalue weighted by molar-refractivity contribution is -0.137. The van der Waals surface area contributed by atoms with Crippen molar-refractivity contribution >= 4 is 5.91 Å². The van der Waals surface area contributed by atoms with Crippen molar-refractivity contribution < 1.29 is 22.7 Å². The molecule has 1 aromatic carbocycles. The van der Waals surface area contributed by atoms with E-state index in [0.717, 1.165) is 30.8 Å². The second-order valence-electron chi connectivity index (χ2n) is 6.90. The Bertz CT molecular complexity index is 1010. The molecule has 0 unspecified atom stereocenters. The number of rotatable bonds is 7. The minimum absolute atomic E-state index is 0.0278. The largest absolute Gasteiger partial charge is 0.439 e. The van der Waals surface area contributed by atoms with Gasteiger partial charge >= 0.3 is 6.18 Å². The maximum Gasteiger partial charge on any atom is 0.417 e. The first-order valence-electron chi connectivity index (χ1n) is 9.38. The van der Waals surface area contributed by atoms with Crippen LogP contribution in [0.25, 0.3) is 0 Å². The van der Waals surface area contributed by atoms with Gasteiger partial charge in [-0.1, -0.05) is 0 Å². The lowest BCUT2D eigenvalue weighted by atomic mass is 10.2. The van der Waals surface area contributed by atoms with E-state index in [1.54, 1.807) is 30.6 Å². The van der Waals surface area contributed by atoms with Gasteiger partial charge in [0, 0.05) is 36.8 Å². The summed E-state index contributed by atoms with van der Waals surface area (Å²) < 4.78 is 45.2. The quantitative estimate of drug-likeness (QED) is 0.633. The topological polar surface area (TPSA) is 81.9 Å². The van der Waals surface area contributed by atoms with Gasteiger partial charge in [-0.15, -0.1) is 10.2 Å². The number of aromatic nitrogens is 4. The first-order chi connectivity index (χ1) is 14.4. The molecular formula is C20H18F3N5O2. The van der Waals surface area contributed by atoms with E-state index in [2.05, 4.69) is 20.5 Å². The number of nitrogens with one attached hydrogen (secondary N) is 1. The molecule has 10 heteroatoms. The van der Waals surface area contributed by atoms with Gasteiger partial charge in [-0.3, -0.25) is 4.79 Å². The van der Waals surface area contributed by atoms with Gasteiger partial charge in [0.2, 0.25) is 5.88 Å². The summed E-state index contributed by atoms with van der Waals surface area (Å²) in [7, 11) is 0. The monoisotopic (exact) mass is 417 g/mol. The van der Waals surface area contributed by atoms with Crippen molar-refractivity contribution in [2.24, 2.45) is 0 Å². The molecule has 1 saturated carbocycles. The summed E-state index contributed by atoms with van der Waals surface area (Å²) in [5, 5.41) is 10.9. The number of alkyl halides is 3. The number of carbonyl (C=O) groups is 1. The van der Waals surface area contributed by atoms with Crippen molar-refractivity contribution in [3.63, 3.8) is 0 Å². The number of nitrogens with zero attached hydrogens (tertiary/aromatic N) is 4. The highest BCUT2D eigenvalue weighted by Gasteiger charge is 2.30. The van der Waals surface area contributed by atoms with E-state index >= 15 is 0 Å². The molecule has 30 heavy (non-hydrogen) atoms. The zero-order valence-corrected chi connectivity index (χ0v) is 15.8. The van der Waals surface area contributed by atoms with E-state index in [4.69, 9.17) is 4.74 Å². The fraction of sp³-hybridized carbons (Fsp3) is 0.300. The van der Waals surface area contributed by atoms with Crippen LogP contribution < -0.4 is 10.1 Å². The third kappa shape index (κ3) is 4.76. The van der Waals surface area contributed by atoms with Gasteiger partial charge in [0.1, 0.15) is 17.9 Å². The van der Waals surface area contributed by atoms with E-state index in [1.807, 2.05) is 4.57 Å². The Hall–Kier alpha value is -3.43. The zero-order valence-electron chi connectivity index (χ0n) is 15.8. The molecule has 1 N–H and O–H groups in total. The number of pyridine rings is 1. The lowest BCUT2D eigenvalue weighted by Gasteiger charge is -2.09. The molecule has 1 fully saturated rings. The number of hydrogen-bond donors (Lipinski definition) is 1. The Balaban J connectivity index is 1.29. The molecule has 1 aliphatic carbocycles. The first-order valence-corrected chi connectivity index (χ1v) is 9.38. The van der Waals surface area contributed by atoms with Crippen LogP contribution in [0.3, 0.4) is 0 Å². The van der Waals surface area contributed by atoms with E-state index in [1.165, 1.54) is 0 Å². The second kappa shape index (κ2) is 8.13. The van der Waals surface area contributed by atoms with Crippen molar-refractivity contribution in [3.8, 4) is 11.6 Å². The van der Waals surface area contributed by atoms with Crippen LogP contribution in [0.1, 0.15) is 40.6 Å². The predicted octanol–water partition coefficient (Wildman–Crippen LogP) is 3.79. The third-order valence-corrected chi connectivity index (χ3v) is 4.62. The molecule has 1 aliphatic rings. The average molecular weight is 417 g/mol. The van der Waals surface area contributed by atoms with E-state index < -0.39 is 11.7 Å². The van der Waals surface area contributed by atoms with Crippen LogP contribution in [0.15, 0.2) is 48.9 Å². The number of amides is 1. The van der Waals surface area contributed by atoms with E-state index in [9.17, 15) is 18.0 Å². The number of carbonyl (C=O) groups excluding carboxylic acids is 1. The summed E-state index contributed by atoms with van der Waals surface area (Å²) in [6.45, 7) is 0.429. The molecule has 4 rings (SSSR count). The second-order valence-corrected chi connectivity index (χ2v) is 6.90. The molecule has 156 valence electrons. The van der Waals surface area contributed by atoms with Gasteiger partial charge in [-0.2, -0.15) is 13.2 Å². The fourth-order valence-electron chi connectivity index (χ4n) is 2.90.